The summed E-state index contributed by atoms with van der Waals surface area (Å²) >= 11 is 0. The second-order valence-electron chi connectivity index (χ2n) is 14.3. The topological polar surface area (TPSA) is 205 Å². The Morgan fingerprint density at radius 1 is 0.933 bits per heavy atom. The Kier molecular flexibility index (Phi) is 12.9. The summed E-state index contributed by atoms with van der Waals surface area (Å²) in [6.45, 7) is 3.28. The molecule has 5 aromatic carbocycles. The quantitative estimate of drug-likeness (QED) is 0.0226. The number of carbonyl (C=O) groups excluding carboxylic acids is 3. The van der Waals surface area contributed by atoms with Crippen LogP contribution in [-0.2, 0) is 20.6 Å². The summed E-state index contributed by atoms with van der Waals surface area (Å²) in [5.41, 5.74) is 10.7. The van der Waals surface area contributed by atoms with Crippen molar-refractivity contribution < 1.29 is 33.0 Å². The number of unbranched alkanes of at least 4 members (excludes halogenated alkanes) is 1. The lowest BCUT2D eigenvalue weighted by atomic mass is 10.1. The Hall–Kier alpha value is -7.05. The van der Waals surface area contributed by atoms with E-state index in [1.165, 1.54) is 30.7 Å². The van der Waals surface area contributed by atoms with Crippen LogP contribution in [0.3, 0.4) is 0 Å². The van der Waals surface area contributed by atoms with Crippen LogP contribution in [0.1, 0.15) is 50.2 Å². The maximum absolute atomic E-state index is 14.8. The van der Waals surface area contributed by atoms with Crippen molar-refractivity contribution in [3.8, 4) is 23.3 Å². The van der Waals surface area contributed by atoms with Gasteiger partial charge in [-0.25, -0.2) is 0 Å². The van der Waals surface area contributed by atoms with Crippen molar-refractivity contribution in [3.63, 3.8) is 0 Å². The molecule has 0 bridgehead atoms. The zero-order valence-corrected chi connectivity index (χ0v) is 34.2. The molecule has 6 aromatic rings. The molecule has 0 fully saturated rings. The van der Waals surface area contributed by atoms with Crippen molar-refractivity contribution in [2.75, 3.05) is 42.4 Å². The van der Waals surface area contributed by atoms with E-state index in [-0.39, 0.29) is 26.7 Å². The first-order chi connectivity index (χ1) is 28.7. The van der Waals surface area contributed by atoms with E-state index in [2.05, 4.69) is 38.1 Å². The normalized spacial score (nSPS) is 11.7. The molecule has 1 heterocycles. The molecular weight excluding hydrogens is 781 g/mol. The van der Waals surface area contributed by atoms with Gasteiger partial charge < -0.3 is 36.8 Å². The molecule has 0 aliphatic rings. The third-order valence-corrected chi connectivity index (χ3v) is 12.6. The number of amides is 3. The van der Waals surface area contributed by atoms with Crippen molar-refractivity contribution in [1.29, 1.82) is 0 Å². The highest BCUT2D eigenvalue weighted by Crippen LogP contribution is 2.42. The van der Waals surface area contributed by atoms with Crippen molar-refractivity contribution in [2.45, 2.75) is 36.0 Å². The Labute approximate surface area is 348 Å². The smallest absolute Gasteiger partial charge is 0.255 e. The molecule has 0 radical (unpaired) electrons. The number of rotatable bonds is 16. The van der Waals surface area contributed by atoms with Crippen LogP contribution in [0.4, 0.5) is 22.7 Å². The van der Waals surface area contributed by atoms with Crippen LogP contribution in [0, 0.1) is 18.8 Å². The Bertz CT molecular complexity index is 2720. The summed E-state index contributed by atoms with van der Waals surface area (Å²) in [7, 11) is -3.31. The summed E-state index contributed by atoms with van der Waals surface area (Å²) in [5, 5.41) is 22.2. The number of carbonyl (C=O) groups is 3. The molecule has 0 unspecified atom stereocenters. The molecule has 0 aliphatic heterocycles. The zero-order valence-electron chi connectivity index (χ0n) is 33.4. The van der Waals surface area contributed by atoms with E-state index >= 15 is 0 Å². The van der Waals surface area contributed by atoms with Crippen molar-refractivity contribution >= 4 is 61.2 Å². The van der Waals surface area contributed by atoms with Gasteiger partial charge in [0.15, 0.2) is 0 Å². The average molecular weight is 827 g/mol. The van der Waals surface area contributed by atoms with Gasteiger partial charge in [-0.3, -0.25) is 23.9 Å². The van der Waals surface area contributed by atoms with Crippen LogP contribution in [0.15, 0.2) is 119 Å². The molecule has 3 amide bonds. The molecule has 0 aliphatic carbocycles. The number of pyridine rings is 1. The number of nitrogens with one attached hydrogen (secondary N) is 4. The molecule has 308 valence electrons. The molecule has 60 heavy (non-hydrogen) atoms. The minimum absolute atomic E-state index is 0.0251. The first kappa shape index (κ1) is 42.6. The molecule has 1 aromatic heterocycles. The van der Waals surface area contributed by atoms with Crippen LogP contribution in [0.2, 0.25) is 0 Å². The number of benzene rings is 5. The number of nitrogens with two attached hydrogens (primary N) is 1. The van der Waals surface area contributed by atoms with Gasteiger partial charge in [0, 0.05) is 52.8 Å². The molecule has 6 rings (SSSR count). The number of aromatic nitrogens is 1. The predicted molar refractivity (Wildman–Crippen MR) is 236 cm³/mol. The van der Waals surface area contributed by atoms with Crippen LogP contribution < -0.4 is 31.7 Å². The number of phenolic OH excluding ortho intramolecular Hbond substituents is 1. The van der Waals surface area contributed by atoms with Gasteiger partial charge in [0.05, 0.1) is 39.4 Å². The highest BCUT2D eigenvalue weighted by molar-refractivity contribution is 8.14. The highest BCUT2D eigenvalue weighted by atomic mass is 32.3. The van der Waals surface area contributed by atoms with Gasteiger partial charge in [-0.15, -0.1) is 9.35 Å². The van der Waals surface area contributed by atoms with Crippen LogP contribution in [0.25, 0.3) is 10.9 Å². The first-order valence-electron chi connectivity index (χ1n) is 19.0. The number of phenols is 1. The summed E-state index contributed by atoms with van der Waals surface area (Å²) in [5.74, 6) is 5.72. The third-order valence-electron chi connectivity index (χ3n) is 9.84. The lowest BCUT2D eigenvalue weighted by Gasteiger charge is -2.40. The Balaban J connectivity index is 1.11. The largest absolute Gasteiger partial charge is 0.506 e. The first-order valence-corrected chi connectivity index (χ1v) is 21.3. The van der Waals surface area contributed by atoms with E-state index in [1.54, 1.807) is 80.8 Å². The van der Waals surface area contributed by atoms with Crippen molar-refractivity contribution in [2.24, 2.45) is 5.73 Å². The van der Waals surface area contributed by atoms with Crippen LogP contribution >= 0.6 is 0 Å². The maximum Gasteiger partial charge on any atom is 0.255 e. The fourth-order valence-electron chi connectivity index (χ4n) is 6.55. The fourth-order valence-corrected chi connectivity index (χ4v) is 8.47. The molecule has 0 saturated carbocycles. The Morgan fingerprint density at radius 2 is 1.72 bits per heavy atom. The van der Waals surface area contributed by atoms with E-state index in [1.807, 2.05) is 18.2 Å². The maximum atomic E-state index is 14.8. The second kappa shape index (κ2) is 18.3. The number of methoxy groups -OCH3 is 1. The Morgan fingerprint density at radius 3 is 2.47 bits per heavy atom. The van der Waals surface area contributed by atoms with Crippen LogP contribution in [0.5, 0.6) is 11.5 Å². The van der Waals surface area contributed by atoms with Crippen LogP contribution in [-0.4, -0.2) is 63.5 Å². The minimum atomic E-state index is -4.85. The summed E-state index contributed by atoms with van der Waals surface area (Å²) in [6.07, 6.45) is 5.42. The third kappa shape index (κ3) is 9.96. The number of hydrogen-bond acceptors (Lipinski definition) is 9. The van der Waals surface area contributed by atoms with Crippen molar-refractivity contribution in [1.82, 2.24) is 10.3 Å². The van der Waals surface area contributed by atoms with Gasteiger partial charge in [-0.1, -0.05) is 30.0 Å². The summed E-state index contributed by atoms with van der Waals surface area (Å²) in [4.78, 5) is 41.3. The zero-order chi connectivity index (χ0) is 42.9. The molecule has 0 atom stereocenters. The second-order valence-corrected chi connectivity index (χ2v) is 17.8. The fraction of sp³-hybridized carbons (Fsp3) is 0.174. The lowest BCUT2D eigenvalue weighted by Crippen LogP contribution is -2.31. The minimum Gasteiger partial charge on any atom is -0.506 e. The molecule has 13 nitrogen and oxygen atoms in total. The summed E-state index contributed by atoms with van der Waals surface area (Å²) < 4.78 is 32.3. The summed E-state index contributed by atoms with van der Waals surface area (Å²) in [6, 6.07) is 28.5. The number of aromatic hydroxyl groups is 1. The van der Waals surface area contributed by atoms with Crippen molar-refractivity contribution in [3.05, 3.63) is 137 Å². The average Bonchev–Trinajstić information content (AvgIpc) is 3.23. The predicted octanol–water partition coefficient (Wildman–Crippen LogP) is 7.23. The van der Waals surface area contributed by atoms with E-state index in [0.29, 0.717) is 57.8 Å². The molecule has 0 spiro atoms. The van der Waals surface area contributed by atoms with Gasteiger partial charge in [-0.2, -0.15) is 4.21 Å². The van der Waals surface area contributed by atoms with Gasteiger partial charge in [0.2, 0.25) is 6.41 Å². The van der Waals surface area contributed by atoms with E-state index < -0.39 is 21.2 Å². The van der Waals surface area contributed by atoms with E-state index in [4.69, 9.17) is 10.5 Å². The van der Waals surface area contributed by atoms with Gasteiger partial charge >= 0.3 is 0 Å². The molecular formula is C46H46N6O7S. The van der Waals surface area contributed by atoms with E-state index in [9.17, 15) is 28.3 Å². The standard InChI is InChI=1S/C46H46N6O7S/c1-30-23-38(27-39-43(30)49-28-40(45(47)55)44(39)51-35-11-8-12-36(26-35)59-2)60(3,57,58)37-13-7-10-33(25-37)46(56)52-34-17-14-31(15-18-34)9-5-4-6-21-48-22-20-32-16-19-42(54)41(24-32)50-29-53/h7-8,10-19,23-29,48,54H,4,6,20-22H2,1-3H3,(H2,47,55)(H,49,51)(H,50,53)(H,52,56)(H,57,58). The van der Waals surface area contributed by atoms with Gasteiger partial charge in [0.1, 0.15) is 11.5 Å². The van der Waals surface area contributed by atoms with Gasteiger partial charge in [-0.05, 0) is 123 Å². The monoisotopic (exact) mass is 826 g/mol. The number of hydrogen-bond donors (Lipinski definition) is 7. The number of aryl methyl sites for hydroxylation is 1. The lowest BCUT2D eigenvalue weighted by molar-refractivity contribution is -0.105. The SMILES string of the molecule is COc1cccc(Nc2c(C(N)=O)cnc3c(C)cc(S(C)(=O)(O)c4cccc(C(=O)Nc5ccc(C#CCCCNCCc6ccc(O)c(NC=O)c6)cc5)c4)cc23)c1. The molecule has 8 N–H and O–H groups in total. The number of nitrogens with zero attached hydrogens (tertiary/aromatic N) is 1. The number of primary amides is 1. The highest BCUT2D eigenvalue weighted by Gasteiger charge is 2.30. The number of fused-ring (bicyclic) bond motifs is 1. The molecule has 14 heteroatoms. The number of ether oxygens (including phenoxy) is 1. The molecule has 0 saturated heterocycles. The number of anilines is 4. The van der Waals surface area contributed by atoms with Gasteiger partial charge in [0.25, 0.3) is 11.8 Å². The van der Waals surface area contributed by atoms with E-state index in [0.717, 1.165) is 37.1 Å².